The standard InChI is InChI=1S/C26H37N3O4/c1-3-14-29(15-4-2)26(32)23-19-28(17-21-13-10-16-33-21)18-22(24(23)30)25(31)27-20-11-8-6-5-7-9-12-20/h3-4,18-21H,1-2,5-17H2,(H,27,31). The number of nitrogens with one attached hydrogen (secondary N) is 1. The van der Waals surface area contributed by atoms with Crippen LogP contribution in [0.4, 0.5) is 0 Å². The molecule has 33 heavy (non-hydrogen) atoms. The number of hydrogen-bond acceptors (Lipinski definition) is 4. The van der Waals surface area contributed by atoms with Crippen molar-refractivity contribution in [1.82, 2.24) is 14.8 Å². The monoisotopic (exact) mass is 455 g/mol. The Bertz CT molecular complexity index is 883. The van der Waals surface area contributed by atoms with Gasteiger partial charge in [-0.3, -0.25) is 14.4 Å². The van der Waals surface area contributed by atoms with Crippen molar-refractivity contribution in [2.45, 2.75) is 76.5 Å². The molecule has 2 aliphatic rings. The van der Waals surface area contributed by atoms with Crippen molar-refractivity contribution in [2.75, 3.05) is 19.7 Å². The molecule has 0 spiro atoms. The van der Waals surface area contributed by atoms with Crippen LogP contribution in [0.1, 0.15) is 78.5 Å². The number of carbonyl (C=O) groups is 2. The first-order valence-electron chi connectivity index (χ1n) is 12.2. The fourth-order valence-electron chi connectivity index (χ4n) is 4.66. The van der Waals surface area contributed by atoms with E-state index in [1.807, 2.05) is 0 Å². The molecular formula is C26H37N3O4. The Morgan fingerprint density at radius 3 is 2.24 bits per heavy atom. The van der Waals surface area contributed by atoms with Gasteiger partial charge in [0.2, 0.25) is 5.43 Å². The molecule has 2 heterocycles. The molecule has 1 atom stereocenters. The topological polar surface area (TPSA) is 80.6 Å². The van der Waals surface area contributed by atoms with Crippen LogP contribution >= 0.6 is 0 Å². The highest BCUT2D eigenvalue weighted by Crippen LogP contribution is 2.18. The Morgan fingerprint density at radius 2 is 1.64 bits per heavy atom. The number of rotatable bonds is 9. The largest absolute Gasteiger partial charge is 0.376 e. The van der Waals surface area contributed by atoms with Crippen LogP contribution in [0.25, 0.3) is 0 Å². The minimum atomic E-state index is -0.537. The van der Waals surface area contributed by atoms with Gasteiger partial charge in [0.25, 0.3) is 11.8 Å². The van der Waals surface area contributed by atoms with E-state index in [0.29, 0.717) is 13.2 Å². The van der Waals surface area contributed by atoms with Crippen molar-refractivity contribution in [3.8, 4) is 0 Å². The summed E-state index contributed by atoms with van der Waals surface area (Å²) in [4.78, 5) is 41.2. The van der Waals surface area contributed by atoms with Crippen LogP contribution in [-0.4, -0.2) is 53.1 Å². The van der Waals surface area contributed by atoms with E-state index in [9.17, 15) is 14.4 Å². The van der Waals surface area contributed by atoms with Crippen molar-refractivity contribution in [3.63, 3.8) is 0 Å². The number of aromatic nitrogens is 1. The van der Waals surface area contributed by atoms with E-state index in [4.69, 9.17) is 4.74 Å². The van der Waals surface area contributed by atoms with Gasteiger partial charge in [0, 0.05) is 44.7 Å². The predicted octanol–water partition coefficient (Wildman–Crippen LogP) is 3.68. The van der Waals surface area contributed by atoms with E-state index in [1.165, 1.54) is 24.2 Å². The highest BCUT2D eigenvalue weighted by atomic mass is 16.5. The SMILES string of the molecule is C=CCN(CC=C)C(=O)c1cn(CC2CCCO2)cc(C(=O)NC2CCCCCCC2)c1=O. The minimum absolute atomic E-state index is 0.00873. The lowest BCUT2D eigenvalue weighted by Crippen LogP contribution is -2.41. The summed E-state index contributed by atoms with van der Waals surface area (Å²) in [6.45, 7) is 9.17. The number of carbonyl (C=O) groups excluding carboxylic acids is 2. The molecule has 1 aromatic heterocycles. The summed E-state index contributed by atoms with van der Waals surface area (Å²) in [6.07, 6.45) is 15.8. The second-order valence-electron chi connectivity index (χ2n) is 9.05. The maximum Gasteiger partial charge on any atom is 0.259 e. The zero-order valence-electron chi connectivity index (χ0n) is 19.6. The summed E-state index contributed by atoms with van der Waals surface area (Å²) in [5.41, 5.74) is -0.537. The summed E-state index contributed by atoms with van der Waals surface area (Å²) >= 11 is 0. The van der Waals surface area contributed by atoms with Crippen molar-refractivity contribution < 1.29 is 14.3 Å². The molecule has 7 nitrogen and oxygen atoms in total. The van der Waals surface area contributed by atoms with Gasteiger partial charge in [-0.25, -0.2) is 0 Å². The average molecular weight is 456 g/mol. The molecule has 180 valence electrons. The number of pyridine rings is 1. The smallest absolute Gasteiger partial charge is 0.259 e. The third kappa shape index (κ3) is 6.90. The fourth-order valence-corrected chi connectivity index (χ4v) is 4.66. The maximum absolute atomic E-state index is 13.3. The summed E-state index contributed by atoms with van der Waals surface area (Å²) in [5, 5.41) is 3.07. The zero-order valence-corrected chi connectivity index (χ0v) is 19.6. The number of ether oxygens (including phenoxy) is 1. The second kappa shape index (κ2) is 12.5. The molecular weight excluding hydrogens is 418 g/mol. The summed E-state index contributed by atoms with van der Waals surface area (Å²) < 4.78 is 7.50. The van der Waals surface area contributed by atoms with Crippen LogP contribution in [0.3, 0.4) is 0 Å². The first-order chi connectivity index (χ1) is 16.0. The van der Waals surface area contributed by atoms with E-state index in [2.05, 4.69) is 18.5 Å². The van der Waals surface area contributed by atoms with Gasteiger partial charge in [0.15, 0.2) is 0 Å². The molecule has 2 fully saturated rings. The van der Waals surface area contributed by atoms with Crippen LogP contribution in [-0.2, 0) is 11.3 Å². The van der Waals surface area contributed by atoms with Crippen molar-refractivity contribution >= 4 is 11.8 Å². The Morgan fingerprint density at radius 1 is 1.00 bits per heavy atom. The van der Waals surface area contributed by atoms with Crippen LogP contribution in [0.5, 0.6) is 0 Å². The Hall–Kier alpha value is -2.67. The van der Waals surface area contributed by atoms with E-state index in [1.54, 1.807) is 29.1 Å². The Labute approximate surface area is 196 Å². The van der Waals surface area contributed by atoms with Crippen LogP contribution in [0, 0.1) is 0 Å². The first-order valence-corrected chi connectivity index (χ1v) is 12.2. The van der Waals surface area contributed by atoms with Gasteiger partial charge in [-0.05, 0) is 25.7 Å². The summed E-state index contributed by atoms with van der Waals surface area (Å²) in [7, 11) is 0. The highest BCUT2D eigenvalue weighted by molar-refractivity contribution is 5.99. The Balaban J connectivity index is 1.91. The van der Waals surface area contributed by atoms with Gasteiger partial charge in [-0.15, -0.1) is 13.2 Å². The fraction of sp³-hybridized carbons (Fsp3) is 0.577. The first kappa shape index (κ1) is 25.0. The van der Waals surface area contributed by atoms with Gasteiger partial charge in [-0.2, -0.15) is 0 Å². The molecule has 1 aromatic rings. The minimum Gasteiger partial charge on any atom is -0.376 e. The van der Waals surface area contributed by atoms with Crippen molar-refractivity contribution in [3.05, 3.63) is 59.1 Å². The number of nitrogens with zero attached hydrogens (tertiary/aromatic N) is 2. The third-order valence-corrected chi connectivity index (χ3v) is 6.42. The third-order valence-electron chi connectivity index (χ3n) is 6.42. The quantitative estimate of drug-likeness (QED) is 0.576. The molecule has 0 bridgehead atoms. The molecule has 1 N–H and O–H groups in total. The zero-order chi connectivity index (χ0) is 23.6. The lowest BCUT2D eigenvalue weighted by Gasteiger charge is -2.23. The van der Waals surface area contributed by atoms with Crippen LogP contribution in [0.2, 0.25) is 0 Å². The van der Waals surface area contributed by atoms with Crippen molar-refractivity contribution in [1.29, 1.82) is 0 Å². The summed E-state index contributed by atoms with van der Waals surface area (Å²) in [5.74, 6) is -0.832. The van der Waals surface area contributed by atoms with Crippen molar-refractivity contribution in [2.24, 2.45) is 0 Å². The van der Waals surface area contributed by atoms with Gasteiger partial charge in [-0.1, -0.05) is 44.3 Å². The molecule has 0 radical (unpaired) electrons. The van der Waals surface area contributed by atoms with Gasteiger partial charge in [0.05, 0.1) is 6.10 Å². The van der Waals surface area contributed by atoms with E-state index < -0.39 is 17.2 Å². The predicted molar refractivity (Wildman–Crippen MR) is 130 cm³/mol. The van der Waals surface area contributed by atoms with E-state index >= 15 is 0 Å². The van der Waals surface area contributed by atoms with E-state index in [0.717, 1.165) is 38.5 Å². The van der Waals surface area contributed by atoms with Gasteiger partial charge >= 0.3 is 0 Å². The molecule has 1 saturated carbocycles. The van der Waals surface area contributed by atoms with Gasteiger partial charge in [0.1, 0.15) is 11.1 Å². The molecule has 0 aromatic carbocycles. The molecule has 2 amide bonds. The van der Waals surface area contributed by atoms with E-state index in [-0.39, 0.29) is 36.4 Å². The average Bonchev–Trinajstić information content (AvgIpc) is 3.29. The molecule has 1 aliphatic carbocycles. The normalized spacial score (nSPS) is 19.3. The Kier molecular flexibility index (Phi) is 9.48. The maximum atomic E-state index is 13.3. The molecule has 7 heteroatoms. The molecule has 1 unspecified atom stereocenters. The highest BCUT2D eigenvalue weighted by Gasteiger charge is 2.25. The molecule has 1 aliphatic heterocycles. The van der Waals surface area contributed by atoms with Crippen LogP contribution < -0.4 is 10.7 Å². The lowest BCUT2D eigenvalue weighted by molar-refractivity contribution is 0.0785. The summed E-state index contributed by atoms with van der Waals surface area (Å²) in [6, 6.07) is 0.0567. The molecule has 3 rings (SSSR count). The second-order valence-corrected chi connectivity index (χ2v) is 9.05. The molecule has 1 saturated heterocycles. The number of hydrogen-bond donors (Lipinski definition) is 1. The van der Waals surface area contributed by atoms with Crippen LogP contribution in [0.15, 0.2) is 42.5 Å². The number of amides is 2. The van der Waals surface area contributed by atoms with Gasteiger partial charge < -0.3 is 19.5 Å². The lowest BCUT2D eigenvalue weighted by atomic mass is 9.96.